The minimum absolute atomic E-state index is 0.139. The summed E-state index contributed by atoms with van der Waals surface area (Å²) in [5, 5.41) is 16.8. The second-order valence-corrected chi connectivity index (χ2v) is 4.87. The molecule has 1 atom stereocenters. The molecule has 2 N–H and O–H groups in total. The van der Waals surface area contributed by atoms with Crippen LogP contribution in [0.4, 0.5) is 0 Å². The van der Waals surface area contributed by atoms with Gasteiger partial charge in [0, 0.05) is 24.8 Å². The van der Waals surface area contributed by atoms with Gasteiger partial charge in [-0.3, -0.25) is 0 Å². The fraction of sp³-hybridized carbons (Fsp3) is 0.438. The number of nitrogens with one attached hydrogen (secondary N) is 1. The summed E-state index contributed by atoms with van der Waals surface area (Å²) in [5.74, 6) is 0.866. The van der Waals surface area contributed by atoms with Gasteiger partial charge in [-0.1, -0.05) is 42.4 Å². The highest BCUT2D eigenvalue weighted by molar-refractivity contribution is 5.23. The van der Waals surface area contributed by atoms with Gasteiger partial charge in [-0.05, 0) is 25.3 Å². The van der Waals surface area contributed by atoms with Gasteiger partial charge in [0.05, 0.1) is 5.69 Å². The van der Waals surface area contributed by atoms with Crippen LogP contribution in [-0.4, -0.2) is 16.9 Å². The average Bonchev–Trinajstić information content (AvgIpc) is 2.85. The Bertz CT molecular complexity index is 523. The van der Waals surface area contributed by atoms with Crippen molar-refractivity contribution in [1.29, 1.82) is 0 Å². The van der Waals surface area contributed by atoms with E-state index in [9.17, 15) is 5.11 Å². The van der Waals surface area contributed by atoms with E-state index in [2.05, 4.69) is 29.5 Å². The Balaban J connectivity index is 2.08. The zero-order valence-corrected chi connectivity index (χ0v) is 12.1. The minimum atomic E-state index is 0.139. The Kier molecular flexibility index (Phi) is 5.32. The number of rotatable bonds is 7. The average molecular weight is 274 g/mol. The van der Waals surface area contributed by atoms with Crippen molar-refractivity contribution in [3.8, 4) is 0 Å². The first-order chi connectivity index (χ1) is 9.76. The molecule has 2 aromatic rings. The van der Waals surface area contributed by atoms with Gasteiger partial charge in [0.25, 0.3) is 0 Å². The number of nitrogens with zero attached hydrogens (tertiary/aromatic N) is 1. The molecule has 1 aromatic heterocycles. The highest BCUT2D eigenvalue weighted by atomic mass is 16.5. The van der Waals surface area contributed by atoms with Crippen LogP contribution in [0.5, 0.6) is 0 Å². The van der Waals surface area contributed by atoms with Crippen molar-refractivity contribution < 1.29 is 9.63 Å². The Morgan fingerprint density at radius 2 is 2.05 bits per heavy atom. The topological polar surface area (TPSA) is 58.3 Å². The monoisotopic (exact) mass is 274 g/mol. The lowest BCUT2D eigenvalue weighted by Crippen LogP contribution is -2.22. The SMILES string of the molecule is CCc1noc(C)c1CNC(CCO)c1ccccc1. The summed E-state index contributed by atoms with van der Waals surface area (Å²) < 4.78 is 5.25. The Hall–Kier alpha value is -1.65. The molecular formula is C16H22N2O2. The van der Waals surface area contributed by atoms with Crippen molar-refractivity contribution in [2.45, 2.75) is 39.3 Å². The fourth-order valence-electron chi connectivity index (χ4n) is 2.37. The third kappa shape index (κ3) is 3.46. The molecule has 1 unspecified atom stereocenters. The maximum atomic E-state index is 9.24. The van der Waals surface area contributed by atoms with E-state index in [1.807, 2.05) is 25.1 Å². The molecule has 0 aliphatic rings. The van der Waals surface area contributed by atoms with E-state index in [1.54, 1.807) is 0 Å². The number of aromatic nitrogens is 1. The zero-order valence-electron chi connectivity index (χ0n) is 12.1. The van der Waals surface area contributed by atoms with Crippen molar-refractivity contribution in [2.24, 2.45) is 0 Å². The lowest BCUT2D eigenvalue weighted by atomic mass is 10.0. The summed E-state index contributed by atoms with van der Waals surface area (Å²) in [6, 6.07) is 10.3. The molecule has 1 heterocycles. The number of benzene rings is 1. The summed E-state index contributed by atoms with van der Waals surface area (Å²) >= 11 is 0. The van der Waals surface area contributed by atoms with Gasteiger partial charge in [-0.15, -0.1) is 0 Å². The van der Waals surface area contributed by atoms with Crippen LogP contribution in [0.25, 0.3) is 0 Å². The van der Waals surface area contributed by atoms with Crippen LogP contribution in [-0.2, 0) is 13.0 Å². The van der Waals surface area contributed by atoms with Crippen molar-refractivity contribution in [3.63, 3.8) is 0 Å². The summed E-state index contributed by atoms with van der Waals surface area (Å²) in [6.45, 7) is 4.88. The molecule has 0 aliphatic carbocycles. The van der Waals surface area contributed by atoms with Gasteiger partial charge in [-0.25, -0.2) is 0 Å². The largest absolute Gasteiger partial charge is 0.396 e. The number of aliphatic hydroxyl groups is 1. The molecule has 0 aliphatic heterocycles. The van der Waals surface area contributed by atoms with Crippen LogP contribution in [0.15, 0.2) is 34.9 Å². The smallest absolute Gasteiger partial charge is 0.138 e. The van der Waals surface area contributed by atoms with Gasteiger partial charge >= 0.3 is 0 Å². The highest BCUT2D eigenvalue weighted by Crippen LogP contribution is 2.19. The van der Waals surface area contributed by atoms with Crippen LogP contribution >= 0.6 is 0 Å². The summed E-state index contributed by atoms with van der Waals surface area (Å²) in [4.78, 5) is 0. The minimum Gasteiger partial charge on any atom is -0.396 e. The van der Waals surface area contributed by atoms with E-state index in [0.29, 0.717) is 13.0 Å². The molecule has 0 bridgehead atoms. The van der Waals surface area contributed by atoms with Crippen LogP contribution in [0.2, 0.25) is 0 Å². The van der Waals surface area contributed by atoms with E-state index in [-0.39, 0.29) is 12.6 Å². The first kappa shape index (κ1) is 14.8. The van der Waals surface area contributed by atoms with Crippen molar-refractivity contribution in [3.05, 3.63) is 52.9 Å². The van der Waals surface area contributed by atoms with E-state index >= 15 is 0 Å². The molecule has 0 fully saturated rings. The highest BCUT2D eigenvalue weighted by Gasteiger charge is 2.15. The molecule has 1 aromatic carbocycles. The number of aryl methyl sites for hydroxylation is 2. The second-order valence-electron chi connectivity index (χ2n) is 4.87. The molecule has 0 saturated carbocycles. The number of aliphatic hydroxyl groups excluding tert-OH is 1. The summed E-state index contributed by atoms with van der Waals surface area (Å²) in [7, 11) is 0. The normalized spacial score (nSPS) is 12.6. The Labute approximate surface area is 119 Å². The molecule has 20 heavy (non-hydrogen) atoms. The number of hydrogen-bond donors (Lipinski definition) is 2. The van der Waals surface area contributed by atoms with Crippen molar-refractivity contribution >= 4 is 0 Å². The Morgan fingerprint density at radius 1 is 1.30 bits per heavy atom. The molecule has 0 saturated heterocycles. The van der Waals surface area contributed by atoms with Crippen LogP contribution < -0.4 is 5.32 Å². The maximum Gasteiger partial charge on any atom is 0.138 e. The van der Waals surface area contributed by atoms with Gasteiger partial charge in [0.15, 0.2) is 0 Å². The standard InChI is InChI=1S/C16H22N2O2/c1-3-15-14(12(2)20-18-15)11-17-16(9-10-19)13-7-5-4-6-8-13/h4-8,16-17,19H,3,9-11H2,1-2H3. The summed E-state index contributed by atoms with van der Waals surface area (Å²) in [5.41, 5.74) is 3.32. The molecule has 4 heteroatoms. The lowest BCUT2D eigenvalue weighted by molar-refractivity contribution is 0.265. The van der Waals surface area contributed by atoms with Gasteiger partial charge in [0.2, 0.25) is 0 Å². The molecule has 2 rings (SSSR count). The molecule has 0 amide bonds. The predicted molar refractivity (Wildman–Crippen MR) is 78.3 cm³/mol. The van der Waals surface area contributed by atoms with Crippen molar-refractivity contribution in [2.75, 3.05) is 6.61 Å². The van der Waals surface area contributed by atoms with Crippen LogP contribution in [0, 0.1) is 6.92 Å². The van der Waals surface area contributed by atoms with E-state index in [0.717, 1.165) is 23.4 Å². The molecule has 0 spiro atoms. The Morgan fingerprint density at radius 3 is 2.70 bits per heavy atom. The third-order valence-electron chi connectivity index (χ3n) is 3.55. The van der Waals surface area contributed by atoms with Crippen LogP contribution in [0.3, 0.4) is 0 Å². The van der Waals surface area contributed by atoms with Gasteiger partial charge < -0.3 is 14.9 Å². The molecule has 4 nitrogen and oxygen atoms in total. The van der Waals surface area contributed by atoms with E-state index < -0.39 is 0 Å². The molecular weight excluding hydrogens is 252 g/mol. The number of hydrogen-bond acceptors (Lipinski definition) is 4. The zero-order chi connectivity index (χ0) is 14.4. The van der Waals surface area contributed by atoms with E-state index in [1.165, 1.54) is 5.56 Å². The maximum absolute atomic E-state index is 9.24. The predicted octanol–water partition coefficient (Wildman–Crippen LogP) is 2.76. The first-order valence-corrected chi connectivity index (χ1v) is 7.09. The van der Waals surface area contributed by atoms with Crippen molar-refractivity contribution in [1.82, 2.24) is 10.5 Å². The summed E-state index contributed by atoms with van der Waals surface area (Å²) in [6.07, 6.45) is 1.56. The first-order valence-electron chi connectivity index (χ1n) is 7.09. The van der Waals surface area contributed by atoms with E-state index in [4.69, 9.17) is 4.52 Å². The second kappa shape index (κ2) is 7.22. The lowest BCUT2D eigenvalue weighted by Gasteiger charge is -2.18. The quantitative estimate of drug-likeness (QED) is 0.815. The molecule has 0 radical (unpaired) electrons. The third-order valence-corrected chi connectivity index (χ3v) is 3.55. The van der Waals surface area contributed by atoms with Gasteiger partial charge in [0.1, 0.15) is 5.76 Å². The van der Waals surface area contributed by atoms with Crippen LogP contribution in [0.1, 0.15) is 42.0 Å². The molecule has 108 valence electrons. The van der Waals surface area contributed by atoms with Gasteiger partial charge in [-0.2, -0.15) is 0 Å². The fourth-order valence-corrected chi connectivity index (χ4v) is 2.37.